The molecule has 0 aliphatic carbocycles. The number of halogens is 1. The maximum absolute atomic E-state index is 11.3. The predicted molar refractivity (Wildman–Crippen MR) is 79.1 cm³/mol. The maximum atomic E-state index is 11.3. The molecule has 1 N–H and O–H groups in total. The van der Waals surface area contributed by atoms with Crippen LogP contribution in [0.2, 0.25) is 0 Å². The van der Waals surface area contributed by atoms with Crippen molar-refractivity contribution >= 4 is 21.9 Å². The Kier molecular flexibility index (Phi) is 4.39. The van der Waals surface area contributed by atoms with Crippen LogP contribution in [0.3, 0.4) is 0 Å². The van der Waals surface area contributed by atoms with Crippen molar-refractivity contribution in [3.05, 3.63) is 57.3 Å². The second-order valence-electron chi connectivity index (χ2n) is 4.44. The first-order chi connectivity index (χ1) is 9.47. The second kappa shape index (κ2) is 6.05. The average molecular weight is 336 g/mol. The first-order valence-electron chi connectivity index (χ1n) is 6.06. The summed E-state index contributed by atoms with van der Waals surface area (Å²) in [4.78, 5) is 15.4. The van der Waals surface area contributed by atoms with Gasteiger partial charge in [-0.1, -0.05) is 28.1 Å². The van der Waals surface area contributed by atoms with Gasteiger partial charge in [0.25, 0.3) is 0 Å². The Bertz CT molecular complexity index is 638. The molecule has 0 fully saturated rings. The highest BCUT2D eigenvalue weighted by Gasteiger charge is 2.16. The van der Waals surface area contributed by atoms with Crippen molar-refractivity contribution in [2.75, 3.05) is 0 Å². The van der Waals surface area contributed by atoms with Gasteiger partial charge in [0.1, 0.15) is 17.9 Å². The third-order valence-corrected chi connectivity index (χ3v) is 3.34. The van der Waals surface area contributed by atoms with Crippen LogP contribution >= 0.6 is 15.9 Å². The summed E-state index contributed by atoms with van der Waals surface area (Å²) in [6.45, 7) is 3.80. The molecule has 0 spiro atoms. The minimum Gasteiger partial charge on any atom is -0.488 e. The number of hydrogen-bond donors (Lipinski definition) is 1. The number of nitrogens with zero attached hydrogens (tertiary/aromatic N) is 1. The standard InChI is InChI=1S/C15H14BrNO3/c1-9-7-13(14(15(18)19)10(2)17-9)20-8-11-3-5-12(16)6-4-11/h3-7H,8H2,1-2H3,(H,18,19). The third-order valence-electron chi connectivity index (χ3n) is 2.81. The summed E-state index contributed by atoms with van der Waals surface area (Å²) in [5, 5.41) is 9.24. The van der Waals surface area contributed by atoms with Crippen LogP contribution in [0.4, 0.5) is 0 Å². The van der Waals surface area contributed by atoms with Crippen LogP contribution < -0.4 is 4.74 Å². The Morgan fingerprint density at radius 2 is 1.95 bits per heavy atom. The number of pyridine rings is 1. The summed E-state index contributed by atoms with van der Waals surface area (Å²) in [6.07, 6.45) is 0. The number of rotatable bonds is 4. The monoisotopic (exact) mass is 335 g/mol. The van der Waals surface area contributed by atoms with E-state index in [9.17, 15) is 9.90 Å². The number of hydrogen-bond acceptors (Lipinski definition) is 3. The topological polar surface area (TPSA) is 59.4 Å². The van der Waals surface area contributed by atoms with Gasteiger partial charge in [-0.05, 0) is 31.5 Å². The van der Waals surface area contributed by atoms with Crippen LogP contribution in [0.1, 0.15) is 27.3 Å². The molecule has 4 nitrogen and oxygen atoms in total. The van der Waals surface area contributed by atoms with Gasteiger partial charge in [0.2, 0.25) is 0 Å². The fourth-order valence-corrected chi connectivity index (χ4v) is 2.17. The lowest BCUT2D eigenvalue weighted by Gasteiger charge is -2.12. The molecule has 5 heteroatoms. The molecule has 1 aromatic carbocycles. The number of carbonyl (C=O) groups is 1. The molecule has 1 heterocycles. The van der Waals surface area contributed by atoms with Crippen LogP contribution in [0.15, 0.2) is 34.8 Å². The first-order valence-corrected chi connectivity index (χ1v) is 6.85. The van der Waals surface area contributed by atoms with Crippen LogP contribution in [0.25, 0.3) is 0 Å². The number of ether oxygens (including phenoxy) is 1. The normalized spacial score (nSPS) is 10.3. The molecule has 0 atom stereocenters. The minimum absolute atomic E-state index is 0.118. The van der Waals surface area contributed by atoms with E-state index < -0.39 is 5.97 Å². The smallest absolute Gasteiger partial charge is 0.341 e. The third kappa shape index (κ3) is 3.36. The molecule has 0 saturated carbocycles. The summed E-state index contributed by atoms with van der Waals surface area (Å²) in [7, 11) is 0. The number of aromatic nitrogens is 1. The molecular weight excluding hydrogens is 322 g/mol. The largest absolute Gasteiger partial charge is 0.488 e. The summed E-state index contributed by atoms with van der Waals surface area (Å²) < 4.78 is 6.64. The molecular formula is C15H14BrNO3. The highest BCUT2D eigenvalue weighted by molar-refractivity contribution is 9.10. The van der Waals surface area contributed by atoms with E-state index in [1.807, 2.05) is 31.2 Å². The van der Waals surface area contributed by atoms with Crippen molar-refractivity contribution in [3.8, 4) is 5.75 Å². The molecule has 0 bridgehead atoms. The zero-order valence-electron chi connectivity index (χ0n) is 11.2. The molecule has 0 unspecified atom stereocenters. The molecule has 0 radical (unpaired) electrons. The summed E-state index contributed by atoms with van der Waals surface area (Å²) in [5.74, 6) is -0.675. The van der Waals surface area contributed by atoms with Crippen LogP contribution in [0.5, 0.6) is 5.75 Å². The Balaban J connectivity index is 2.24. The van der Waals surface area contributed by atoms with Gasteiger partial charge in [-0.3, -0.25) is 4.98 Å². The van der Waals surface area contributed by atoms with Crippen molar-refractivity contribution in [2.45, 2.75) is 20.5 Å². The Hall–Kier alpha value is -1.88. The van der Waals surface area contributed by atoms with Gasteiger partial charge in [0, 0.05) is 16.2 Å². The molecule has 0 aliphatic heterocycles. The predicted octanol–water partition coefficient (Wildman–Crippen LogP) is 3.74. The number of aromatic carboxylic acids is 1. The number of carboxylic acids is 1. The van der Waals surface area contributed by atoms with E-state index in [0.717, 1.165) is 15.7 Å². The quantitative estimate of drug-likeness (QED) is 0.924. The fraction of sp³-hybridized carbons (Fsp3) is 0.200. The van der Waals surface area contributed by atoms with E-state index in [1.165, 1.54) is 0 Å². The van der Waals surface area contributed by atoms with Crippen LogP contribution in [-0.2, 0) is 6.61 Å². The van der Waals surface area contributed by atoms with Gasteiger partial charge < -0.3 is 9.84 Å². The molecule has 2 aromatic rings. The van der Waals surface area contributed by atoms with E-state index >= 15 is 0 Å². The molecule has 104 valence electrons. The van der Waals surface area contributed by atoms with E-state index in [1.54, 1.807) is 13.0 Å². The van der Waals surface area contributed by atoms with Crippen molar-refractivity contribution in [1.82, 2.24) is 4.98 Å². The van der Waals surface area contributed by atoms with Crippen molar-refractivity contribution < 1.29 is 14.6 Å². The van der Waals surface area contributed by atoms with E-state index in [0.29, 0.717) is 18.1 Å². The molecule has 0 aliphatic rings. The van der Waals surface area contributed by atoms with Crippen molar-refractivity contribution in [1.29, 1.82) is 0 Å². The van der Waals surface area contributed by atoms with Gasteiger partial charge in [-0.25, -0.2) is 4.79 Å². The van der Waals surface area contributed by atoms with E-state index in [-0.39, 0.29) is 5.56 Å². The lowest BCUT2D eigenvalue weighted by Crippen LogP contribution is -2.08. The summed E-state index contributed by atoms with van der Waals surface area (Å²) in [5.41, 5.74) is 2.28. The summed E-state index contributed by atoms with van der Waals surface area (Å²) >= 11 is 3.36. The molecule has 2 rings (SSSR count). The van der Waals surface area contributed by atoms with E-state index in [2.05, 4.69) is 20.9 Å². The Morgan fingerprint density at radius 1 is 1.30 bits per heavy atom. The second-order valence-corrected chi connectivity index (χ2v) is 5.36. The average Bonchev–Trinajstić information content (AvgIpc) is 2.36. The fourth-order valence-electron chi connectivity index (χ4n) is 1.91. The zero-order valence-corrected chi connectivity index (χ0v) is 12.8. The van der Waals surface area contributed by atoms with Crippen LogP contribution in [0, 0.1) is 13.8 Å². The molecule has 20 heavy (non-hydrogen) atoms. The minimum atomic E-state index is -1.03. The van der Waals surface area contributed by atoms with Crippen LogP contribution in [-0.4, -0.2) is 16.1 Å². The highest BCUT2D eigenvalue weighted by Crippen LogP contribution is 2.23. The zero-order chi connectivity index (χ0) is 14.7. The Morgan fingerprint density at radius 3 is 2.55 bits per heavy atom. The number of carboxylic acid groups (broad SMARTS) is 1. The first kappa shape index (κ1) is 14.5. The SMILES string of the molecule is Cc1cc(OCc2ccc(Br)cc2)c(C(=O)O)c(C)n1. The highest BCUT2D eigenvalue weighted by atomic mass is 79.9. The van der Waals surface area contributed by atoms with Gasteiger partial charge in [-0.15, -0.1) is 0 Å². The number of benzene rings is 1. The van der Waals surface area contributed by atoms with Gasteiger partial charge in [0.15, 0.2) is 0 Å². The Labute approximate surface area is 125 Å². The van der Waals surface area contributed by atoms with Crippen molar-refractivity contribution in [2.24, 2.45) is 0 Å². The molecule has 0 amide bonds. The lowest BCUT2D eigenvalue weighted by molar-refractivity contribution is 0.0690. The van der Waals surface area contributed by atoms with Gasteiger partial charge >= 0.3 is 5.97 Å². The molecule has 1 aromatic heterocycles. The van der Waals surface area contributed by atoms with Crippen molar-refractivity contribution in [3.63, 3.8) is 0 Å². The summed E-state index contributed by atoms with van der Waals surface area (Å²) in [6, 6.07) is 9.33. The number of aryl methyl sites for hydroxylation is 2. The maximum Gasteiger partial charge on any atom is 0.341 e. The van der Waals surface area contributed by atoms with Gasteiger partial charge in [-0.2, -0.15) is 0 Å². The van der Waals surface area contributed by atoms with E-state index in [4.69, 9.17) is 4.74 Å². The van der Waals surface area contributed by atoms with Gasteiger partial charge in [0.05, 0.1) is 5.69 Å². The lowest BCUT2D eigenvalue weighted by atomic mass is 10.1. The molecule has 0 saturated heterocycles.